The first-order chi connectivity index (χ1) is 11.1. The first-order valence-electron chi connectivity index (χ1n) is 7.32. The molecule has 2 aliphatic rings. The van der Waals surface area contributed by atoms with Gasteiger partial charge in [0.05, 0.1) is 33.5 Å². The number of benzene rings is 1. The molecule has 0 bridgehead atoms. The maximum absolute atomic E-state index is 9.75. The Labute approximate surface area is 139 Å². The van der Waals surface area contributed by atoms with Gasteiger partial charge >= 0.3 is 0 Å². The van der Waals surface area contributed by atoms with Crippen LogP contribution in [-0.4, -0.2) is 62.0 Å². The zero-order chi connectivity index (χ0) is 16.4. The number of aliphatic hydroxyl groups is 1. The van der Waals surface area contributed by atoms with E-state index in [1.165, 1.54) is 0 Å². The highest BCUT2D eigenvalue weighted by Gasteiger charge is 2.47. The molecule has 1 aromatic carbocycles. The Hall–Kier alpha value is -1.61. The number of aliphatic hydroxyl groups excluding tert-OH is 1. The Morgan fingerprint density at radius 2 is 1.78 bits per heavy atom. The fraction of sp³-hybridized carbons (Fsp3) is 0.533. The molecule has 2 aliphatic heterocycles. The van der Waals surface area contributed by atoms with Crippen LogP contribution >= 0.6 is 12.2 Å². The van der Waals surface area contributed by atoms with Crippen molar-refractivity contribution < 1.29 is 24.1 Å². The third-order valence-electron chi connectivity index (χ3n) is 3.95. The molecule has 4 unspecified atom stereocenters. The predicted molar refractivity (Wildman–Crippen MR) is 88.2 cm³/mol. The van der Waals surface area contributed by atoms with Gasteiger partial charge < -0.3 is 34.7 Å². The first kappa shape index (κ1) is 16.3. The molecule has 0 aliphatic carbocycles. The van der Waals surface area contributed by atoms with Crippen LogP contribution in [0.3, 0.4) is 0 Å². The molecule has 0 radical (unpaired) electrons. The van der Waals surface area contributed by atoms with Gasteiger partial charge in [-0.1, -0.05) is 0 Å². The average molecular weight is 340 g/mol. The Morgan fingerprint density at radius 1 is 1.13 bits per heavy atom. The second-order valence-electron chi connectivity index (χ2n) is 5.47. The van der Waals surface area contributed by atoms with E-state index in [0.29, 0.717) is 29.8 Å². The minimum Gasteiger partial charge on any atom is -0.497 e. The van der Waals surface area contributed by atoms with E-state index in [1.54, 1.807) is 20.3 Å². The summed E-state index contributed by atoms with van der Waals surface area (Å²) in [4.78, 5) is 0. The van der Waals surface area contributed by atoms with E-state index in [4.69, 9.17) is 31.2 Å². The van der Waals surface area contributed by atoms with E-state index in [1.807, 2.05) is 12.1 Å². The average Bonchev–Trinajstić information content (AvgIpc) is 3.11. The number of hydrogen-bond donors (Lipinski definition) is 3. The van der Waals surface area contributed by atoms with Crippen molar-refractivity contribution in [3.05, 3.63) is 18.2 Å². The molecule has 0 aromatic heterocycles. The molecule has 2 heterocycles. The number of rotatable bonds is 4. The molecule has 0 spiro atoms. The third kappa shape index (κ3) is 3.50. The highest BCUT2D eigenvalue weighted by Crippen LogP contribution is 2.28. The number of ether oxygens (including phenoxy) is 4. The maximum atomic E-state index is 9.75. The van der Waals surface area contributed by atoms with Crippen LogP contribution in [0.4, 0.5) is 5.69 Å². The molecule has 0 saturated carbocycles. The van der Waals surface area contributed by atoms with Gasteiger partial charge in [-0.15, -0.1) is 0 Å². The standard InChI is InChI=1S/C15H20N2O5S/c1-19-9-3-8(4-10(5-9)20-2)16-15(23)17-11-6-21-14-12(18)7-22-13(11)14/h3-5,11-14,18H,6-7H2,1-2H3,(H2,16,17,23). The second-order valence-corrected chi connectivity index (χ2v) is 5.88. The fourth-order valence-corrected chi connectivity index (χ4v) is 3.09. The molecule has 3 N–H and O–H groups in total. The summed E-state index contributed by atoms with van der Waals surface area (Å²) in [7, 11) is 3.18. The number of nitrogens with one attached hydrogen (secondary N) is 2. The van der Waals surface area contributed by atoms with Crippen molar-refractivity contribution in [1.29, 1.82) is 0 Å². The molecule has 7 nitrogen and oxygen atoms in total. The predicted octanol–water partition coefficient (Wildman–Crippen LogP) is 0.517. The van der Waals surface area contributed by atoms with Crippen LogP contribution in [0.1, 0.15) is 0 Å². The SMILES string of the molecule is COc1cc(NC(=S)NC2COC3C(O)COC23)cc(OC)c1. The third-order valence-corrected chi connectivity index (χ3v) is 4.17. The van der Waals surface area contributed by atoms with Crippen molar-refractivity contribution in [3.63, 3.8) is 0 Å². The van der Waals surface area contributed by atoms with Crippen LogP contribution in [0.15, 0.2) is 18.2 Å². The molecule has 2 fully saturated rings. The van der Waals surface area contributed by atoms with Crippen LogP contribution in [-0.2, 0) is 9.47 Å². The fourth-order valence-electron chi connectivity index (χ4n) is 2.82. The van der Waals surface area contributed by atoms with Gasteiger partial charge in [-0.25, -0.2) is 0 Å². The van der Waals surface area contributed by atoms with Crippen molar-refractivity contribution >= 4 is 23.0 Å². The summed E-state index contributed by atoms with van der Waals surface area (Å²) in [6.07, 6.45) is -1.05. The normalized spacial score (nSPS) is 29.0. The molecule has 4 atom stereocenters. The quantitative estimate of drug-likeness (QED) is 0.685. The number of anilines is 1. The minimum atomic E-state index is -0.573. The van der Waals surface area contributed by atoms with Crippen LogP contribution in [0.2, 0.25) is 0 Å². The van der Waals surface area contributed by atoms with Crippen molar-refractivity contribution in [2.24, 2.45) is 0 Å². The second kappa shape index (κ2) is 6.88. The number of hydrogen-bond acceptors (Lipinski definition) is 6. The summed E-state index contributed by atoms with van der Waals surface area (Å²) in [6, 6.07) is 5.33. The maximum Gasteiger partial charge on any atom is 0.171 e. The summed E-state index contributed by atoms with van der Waals surface area (Å²) in [5, 5.41) is 16.5. The highest BCUT2D eigenvalue weighted by molar-refractivity contribution is 7.80. The Bertz CT molecular complexity index is 563. The highest BCUT2D eigenvalue weighted by atomic mass is 32.1. The van der Waals surface area contributed by atoms with Crippen molar-refractivity contribution in [3.8, 4) is 11.5 Å². The zero-order valence-corrected chi connectivity index (χ0v) is 13.8. The lowest BCUT2D eigenvalue weighted by Gasteiger charge is -2.20. The minimum absolute atomic E-state index is 0.0929. The van der Waals surface area contributed by atoms with Crippen molar-refractivity contribution in [2.75, 3.05) is 32.8 Å². The van der Waals surface area contributed by atoms with Crippen molar-refractivity contribution in [2.45, 2.75) is 24.4 Å². The molecule has 8 heteroatoms. The molecule has 23 heavy (non-hydrogen) atoms. The van der Waals surface area contributed by atoms with Gasteiger partial charge in [-0.05, 0) is 12.2 Å². The molecule has 126 valence electrons. The number of fused-ring (bicyclic) bond motifs is 1. The van der Waals surface area contributed by atoms with Gasteiger partial charge in [0.15, 0.2) is 5.11 Å². The molecule has 3 rings (SSSR count). The van der Waals surface area contributed by atoms with Gasteiger partial charge in [0.25, 0.3) is 0 Å². The van der Waals surface area contributed by atoms with Crippen LogP contribution in [0, 0.1) is 0 Å². The van der Waals surface area contributed by atoms with Crippen LogP contribution in [0.5, 0.6) is 11.5 Å². The number of methoxy groups -OCH3 is 2. The summed E-state index contributed by atoms with van der Waals surface area (Å²) >= 11 is 5.34. The molecular weight excluding hydrogens is 320 g/mol. The van der Waals surface area contributed by atoms with E-state index in [9.17, 15) is 5.11 Å². The Morgan fingerprint density at radius 3 is 2.43 bits per heavy atom. The van der Waals surface area contributed by atoms with E-state index in [0.717, 1.165) is 5.69 Å². The van der Waals surface area contributed by atoms with Gasteiger partial charge in [0.1, 0.15) is 29.8 Å². The van der Waals surface area contributed by atoms with Gasteiger partial charge in [0, 0.05) is 23.9 Å². The largest absolute Gasteiger partial charge is 0.497 e. The molecule has 2 saturated heterocycles. The number of thiocarbonyl (C=S) groups is 1. The molecule has 0 amide bonds. The summed E-state index contributed by atoms with van der Waals surface area (Å²) in [5.41, 5.74) is 0.751. The lowest BCUT2D eigenvalue weighted by molar-refractivity contribution is 0.0180. The summed E-state index contributed by atoms with van der Waals surface area (Å²) in [6.45, 7) is 0.733. The first-order valence-corrected chi connectivity index (χ1v) is 7.73. The topological polar surface area (TPSA) is 81.2 Å². The van der Waals surface area contributed by atoms with E-state index >= 15 is 0 Å². The van der Waals surface area contributed by atoms with Gasteiger partial charge in [0.2, 0.25) is 0 Å². The zero-order valence-electron chi connectivity index (χ0n) is 12.9. The smallest absolute Gasteiger partial charge is 0.171 e. The Kier molecular flexibility index (Phi) is 4.86. The van der Waals surface area contributed by atoms with E-state index in [-0.39, 0.29) is 18.2 Å². The van der Waals surface area contributed by atoms with Gasteiger partial charge in [-0.3, -0.25) is 0 Å². The summed E-state index contributed by atoms with van der Waals surface area (Å²) in [5.74, 6) is 1.34. The molecular formula is C15H20N2O5S. The van der Waals surface area contributed by atoms with E-state index < -0.39 is 6.10 Å². The van der Waals surface area contributed by atoms with E-state index in [2.05, 4.69) is 10.6 Å². The van der Waals surface area contributed by atoms with Crippen LogP contribution in [0.25, 0.3) is 0 Å². The summed E-state index contributed by atoms with van der Waals surface area (Å²) < 4.78 is 21.6. The van der Waals surface area contributed by atoms with Gasteiger partial charge in [-0.2, -0.15) is 0 Å². The lowest BCUT2D eigenvalue weighted by Crippen LogP contribution is -2.45. The molecule has 1 aromatic rings. The monoisotopic (exact) mass is 340 g/mol. The Balaban J connectivity index is 1.61. The van der Waals surface area contributed by atoms with Crippen molar-refractivity contribution in [1.82, 2.24) is 5.32 Å². The van der Waals surface area contributed by atoms with Crippen LogP contribution < -0.4 is 20.1 Å². The lowest BCUT2D eigenvalue weighted by atomic mass is 10.1.